The Hall–Kier alpha value is -2.73. The summed E-state index contributed by atoms with van der Waals surface area (Å²) in [6, 6.07) is 14.6. The number of benzene rings is 2. The van der Waals surface area contributed by atoms with Crippen LogP contribution in [0.15, 0.2) is 48.5 Å². The highest BCUT2D eigenvalue weighted by Crippen LogP contribution is 2.20. The molecule has 1 fully saturated rings. The van der Waals surface area contributed by atoms with E-state index in [-0.39, 0.29) is 23.0 Å². The maximum absolute atomic E-state index is 12.7. The predicted octanol–water partition coefficient (Wildman–Crippen LogP) is 4.18. The van der Waals surface area contributed by atoms with Gasteiger partial charge in [0.1, 0.15) is 0 Å². The van der Waals surface area contributed by atoms with Gasteiger partial charge in [0, 0.05) is 11.6 Å². The Balaban J connectivity index is 1.63. The van der Waals surface area contributed by atoms with Crippen LogP contribution in [-0.2, 0) is 0 Å². The molecule has 0 atom stereocenters. The lowest BCUT2D eigenvalue weighted by Gasteiger charge is -2.23. The number of carbonyl (C=O) groups excluding carboxylic acids is 2. The van der Waals surface area contributed by atoms with E-state index in [0.717, 1.165) is 31.2 Å². The summed E-state index contributed by atoms with van der Waals surface area (Å²) in [5.41, 5.74) is 2.69. The molecule has 146 valence electrons. The summed E-state index contributed by atoms with van der Waals surface area (Å²) in [5.74, 6) is -0.413. The highest BCUT2D eigenvalue weighted by molar-refractivity contribution is 7.80. The monoisotopic (exact) mass is 395 g/mol. The standard InChI is InChI=1S/C22H25N3O2S/c1-15-11-13-16(14-12-15)20(26)25-22(28)24-19-10-6-5-9-18(19)21(27)23-17-7-3-2-4-8-17/h5-6,9-14,17H,2-4,7-8H2,1H3,(H,23,27)(H2,24,25,26,28). The summed E-state index contributed by atoms with van der Waals surface area (Å²) in [6.07, 6.45) is 5.58. The van der Waals surface area contributed by atoms with Crippen molar-refractivity contribution in [2.24, 2.45) is 0 Å². The van der Waals surface area contributed by atoms with Gasteiger partial charge in [-0.25, -0.2) is 0 Å². The lowest BCUT2D eigenvalue weighted by Crippen LogP contribution is -2.37. The molecule has 0 spiro atoms. The largest absolute Gasteiger partial charge is 0.349 e. The lowest BCUT2D eigenvalue weighted by atomic mass is 9.95. The van der Waals surface area contributed by atoms with Crippen LogP contribution in [0.25, 0.3) is 0 Å². The molecule has 2 aromatic carbocycles. The summed E-state index contributed by atoms with van der Waals surface area (Å²) in [4.78, 5) is 25.0. The number of hydrogen-bond donors (Lipinski definition) is 3. The first-order chi connectivity index (χ1) is 13.5. The van der Waals surface area contributed by atoms with Crippen LogP contribution in [0.4, 0.5) is 5.69 Å². The van der Waals surface area contributed by atoms with E-state index < -0.39 is 0 Å². The molecule has 0 saturated heterocycles. The van der Waals surface area contributed by atoms with Crippen LogP contribution >= 0.6 is 12.2 Å². The van der Waals surface area contributed by atoms with Gasteiger partial charge in [-0.2, -0.15) is 0 Å². The first-order valence-electron chi connectivity index (χ1n) is 9.62. The Morgan fingerprint density at radius 1 is 0.929 bits per heavy atom. The minimum absolute atomic E-state index is 0.123. The van der Waals surface area contributed by atoms with Crippen LogP contribution in [0.3, 0.4) is 0 Å². The Bertz CT molecular complexity index is 858. The second-order valence-electron chi connectivity index (χ2n) is 7.13. The number of para-hydroxylation sites is 1. The molecule has 1 aliphatic carbocycles. The highest BCUT2D eigenvalue weighted by atomic mass is 32.1. The van der Waals surface area contributed by atoms with Crippen molar-refractivity contribution in [1.29, 1.82) is 0 Å². The molecule has 2 aromatic rings. The van der Waals surface area contributed by atoms with Crippen molar-refractivity contribution in [3.05, 3.63) is 65.2 Å². The Morgan fingerprint density at radius 2 is 1.61 bits per heavy atom. The average Bonchev–Trinajstić information content (AvgIpc) is 2.69. The van der Waals surface area contributed by atoms with E-state index >= 15 is 0 Å². The molecule has 3 N–H and O–H groups in total. The Kier molecular flexibility index (Phi) is 6.76. The smallest absolute Gasteiger partial charge is 0.257 e. The Labute approximate surface area is 170 Å². The van der Waals surface area contributed by atoms with Gasteiger partial charge in [0.15, 0.2) is 5.11 Å². The zero-order valence-electron chi connectivity index (χ0n) is 16.0. The SMILES string of the molecule is Cc1ccc(C(=O)NC(=S)Nc2ccccc2C(=O)NC2CCCCC2)cc1. The summed E-state index contributed by atoms with van der Waals surface area (Å²) < 4.78 is 0. The molecule has 0 bridgehead atoms. The van der Waals surface area contributed by atoms with E-state index in [9.17, 15) is 9.59 Å². The van der Waals surface area contributed by atoms with Crippen LogP contribution in [0, 0.1) is 6.92 Å². The van der Waals surface area contributed by atoms with Gasteiger partial charge in [0.2, 0.25) is 0 Å². The lowest BCUT2D eigenvalue weighted by molar-refractivity contribution is 0.0927. The van der Waals surface area contributed by atoms with Crippen molar-refractivity contribution in [1.82, 2.24) is 10.6 Å². The first kappa shape index (κ1) is 20.0. The van der Waals surface area contributed by atoms with E-state index in [4.69, 9.17) is 12.2 Å². The molecule has 1 saturated carbocycles. The molecule has 6 heteroatoms. The van der Waals surface area contributed by atoms with Gasteiger partial charge in [0.05, 0.1) is 11.3 Å². The van der Waals surface area contributed by atoms with E-state index in [1.165, 1.54) is 6.42 Å². The Morgan fingerprint density at radius 3 is 2.32 bits per heavy atom. The third-order valence-corrected chi connectivity index (χ3v) is 5.11. The summed E-state index contributed by atoms with van der Waals surface area (Å²) in [6.45, 7) is 1.96. The maximum Gasteiger partial charge on any atom is 0.257 e. The van der Waals surface area contributed by atoms with Gasteiger partial charge in [-0.05, 0) is 56.2 Å². The second kappa shape index (κ2) is 9.46. The average molecular weight is 396 g/mol. The maximum atomic E-state index is 12.7. The highest BCUT2D eigenvalue weighted by Gasteiger charge is 2.19. The molecule has 0 aromatic heterocycles. The van der Waals surface area contributed by atoms with E-state index in [1.807, 2.05) is 31.2 Å². The number of amides is 2. The van der Waals surface area contributed by atoms with Crippen molar-refractivity contribution in [3.63, 3.8) is 0 Å². The number of hydrogen-bond acceptors (Lipinski definition) is 3. The van der Waals surface area contributed by atoms with Crippen molar-refractivity contribution in [2.45, 2.75) is 45.1 Å². The van der Waals surface area contributed by atoms with Crippen molar-refractivity contribution >= 4 is 34.8 Å². The van der Waals surface area contributed by atoms with Crippen molar-refractivity contribution in [2.75, 3.05) is 5.32 Å². The number of anilines is 1. The number of rotatable bonds is 4. The van der Waals surface area contributed by atoms with Crippen LogP contribution < -0.4 is 16.0 Å². The van der Waals surface area contributed by atoms with E-state index in [2.05, 4.69) is 16.0 Å². The van der Waals surface area contributed by atoms with Crippen LogP contribution in [-0.4, -0.2) is 23.0 Å². The van der Waals surface area contributed by atoms with Crippen LogP contribution in [0.5, 0.6) is 0 Å². The first-order valence-corrected chi connectivity index (χ1v) is 10.0. The van der Waals surface area contributed by atoms with Gasteiger partial charge in [0.25, 0.3) is 11.8 Å². The van der Waals surface area contributed by atoms with E-state index in [0.29, 0.717) is 16.8 Å². The van der Waals surface area contributed by atoms with Crippen molar-refractivity contribution in [3.8, 4) is 0 Å². The molecule has 0 aliphatic heterocycles. The fourth-order valence-electron chi connectivity index (χ4n) is 3.33. The number of thiocarbonyl (C=S) groups is 1. The molecule has 0 radical (unpaired) electrons. The third-order valence-electron chi connectivity index (χ3n) is 4.90. The third kappa shape index (κ3) is 5.39. The van der Waals surface area contributed by atoms with Gasteiger partial charge in [-0.3, -0.25) is 14.9 Å². The van der Waals surface area contributed by atoms with Gasteiger partial charge in [-0.15, -0.1) is 0 Å². The molecule has 2 amide bonds. The summed E-state index contributed by atoms with van der Waals surface area (Å²) in [5, 5.41) is 8.91. The minimum Gasteiger partial charge on any atom is -0.349 e. The predicted molar refractivity (Wildman–Crippen MR) is 116 cm³/mol. The molecule has 3 rings (SSSR count). The fourth-order valence-corrected chi connectivity index (χ4v) is 3.54. The van der Waals surface area contributed by atoms with Gasteiger partial charge in [-0.1, -0.05) is 49.1 Å². The van der Waals surface area contributed by atoms with E-state index in [1.54, 1.807) is 24.3 Å². The normalized spacial score (nSPS) is 14.2. The molecule has 0 unspecified atom stereocenters. The number of nitrogens with one attached hydrogen (secondary N) is 3. The van der Waals surface area contributed by atoms with Crippen LogP contribution in [0.2, 0.25) is 0 Å². The molecule has 1 aliphatic rings. The van der Waals surface area contributed by atoms with Gasteiger partial charge >= 0.3 is 0 Å². The number of carbonyl (C=O) groups is 2. The molecular weight excluding hydrogens is 370 g/mol. The minimum atomic E-state index is -0.290. The van der Waals surface area contributed by atoms with Gasteiger partial charge < -0.3 is 10.6 Å². The molecule has 0 heterocycles. The molecule has 5 nitrogen and oxygen atoms in total. The number of aryl methyl sites for hydroxylation is 1. The zero-order chi connectivity index (χ0) is 19.9. The van der Waals surface area contributed by atoms with Crippen LogP contribution in [0.1, 0.15) is 58.4 Å². The summed E-state index contributed by atoms with van der Waals surface area (Å²) >= 11 is 5.27. The quantitative estimate of drug-likeness (QED) is 0.679. The van der Waals surface area contributed by atoms with Crippen molar-refractivity contribution < 1.29 is 9.59 Å². The molecular formula is C22H25N3O2S. The fraction of sp³-hybridized carbons (Fsp3) is 0.318. The second-order valence-corrected chi connectivity index (χ2v) is 7.54. The zero-order valence-corrected chi connectivity index (χ0v) is 16.8. The molecule has 28 heavy (non-hydrogen) atoms. The topological polar surface area (TPSA) is 70.2 Å². The summed E-state index contributed by atoms with van der Waals surface area (Å²) in [7, 11) is 0.